The lowest BCUT2D eigenvalue weighted by atomic mass is 10.00. The molecule has 10 aromatic carbocycles. The normalized spacial score (nSPS) is 11.5. The minimum atomic E-state index is -0.697. The van der Waals surface area contributed by atoms with Crippen molar-refractivity contribution in [3.05, 3.63) is 248 Å². The number of fused-ring (bicyclic) bond motifs is 6. The lowest BCUT2D eigenvalue weighted by Gasteiger charge is -2.20. The van der Waals surface area contributed by atoms with Crippen LogP contribution < -0.4 is 0 Å². The number of hydrogen-bond donors (Lipinski definition) is 0. The van der Waals surface area contributed by atoms with E-state index in [4.69, 9.17) is 6.57 Å². The summed E-state index contributed by atoms with van der Waals surface area (Å²) in [6.45, 7) is 9.14. The quantitative estimate of drug-likeness (QED) is 0.142. The summed E-state index contributed by atoms with van der Waals surface area (Å²) in [6.07, 6.45) is 0. The smallest absolute Gasteiger partial charge is 0.234 e. The van der Waals surface area contributed by atoms with Crippen molar-refractivity contribution < 1.29 is 8.78 Å². The van der Waals surface area contributed by atoms with Gasteiger partial charge in [-0.3, -0.25) is 0 Å². The van der Waals surface area contributed by atoms with Crippen molar-refractivity contribution in [1.82, 2.24) is 9.13 Å². The zero-order valence-electron chi connectivity index (χ0n) is 35.5. The maximum Gasteiger partial charge on any atom is 0.234 e. The summed E-state index contributed by atoms with van der Waals surface area (Å²) >= 11 is 0. The largest absolute Gasteiger partial charge is 0.319 e. The fraction of sp³-hybridized carbons (Fsp3) is 0. The van der Waals surface area contributed by atoms with Crippen molar-refractivity contribution in [2.45, 2.75) is 0 Å². The van der Waals surface area contributed by atoms with E-state index in [1.54, 1.807) is 0 Å². The Kier molecular flexibility index (Phi) is 9.25. The molecule has 0 bridgehead atoms. The van der Waals surface area contributed by atoms with Crippen LogP contribution in [0.4, 0.5) is 14.5 Å². The second-order valence-electron chi connectivity index (χ2n) is 16.7. The molecule has 0 unspecified atom stereocenters. The van der Waals surface area contributed by atoms with E-state index in [-0.39, 0.29) is 0 Å². The van der Waals surface area contributed by atoms with Crippen LogP contribution in [0.2, 0.25) is 0 Å². The molecule has 0 amide bonds. The van der Waals surface area contributed by atoms with E-state index in [1.165, 1.54) is 12.1 Å². The summed E-state index contributed by atoms with van der Waals surface area (Å²) in [6, 6.07) is 74.6. The number of aromatic nitrogens is 2. The fourth-order valence-electron chi connectivity index (χ4n) is 9.82. The van der Waals surface area contributed by atoms with Crippen molar-refractivity contribution in [2.75, 3.05) is 0 Å². The summed E-state index contributed by atoms with van der Waals surface area (Å²) in [5.74, 6) is -1.39. The molecule has 0 radical (unpaired) electrons. The van der Waals surface area contributed by atoms with Gasteiger partial charge in [-0.1, -0.05) is 152 Å². The van der Waals surface area contributed by atoms with Crippen LogP contribution in [0.1, 0.15) is 0 Å². The minimum Gasteiger partial charge on any atom is -0.319 e. The molecule has 12 rings (SSSR count). The molecular formula is C61H37F2N3. The van der Waals surface area contributed by atoms with Gasteiger partial charge >= 0.3 is 0 Å². The molecule has 0 N–H and O–H groups in total. The van der Waals surface area contributed by atoms with Gasteiger partial charge in [-0.25, -0.2) is 13.6 Å². The van der Waals surface area contributed by atoms with Crippen LogP contribution in [-0.2, 0) is 0 Å². The lowest BCUT2D eigenvalue weighted by molar-refractivity contribution is 0.584. The van der Waals surface area contributed by atoms with E-state index in [0.29, 0.717) is 28.2 Å². The second-order valence-corrected chi connectivity index (χ2v) is 16.7. The predicted molar refractivity (Wildman–Crippen MR) is 268 cm³/mol. The van der Waals surface area contributed by atoms with Gasteiger partial charge in [0, 0.05) is 27.6 Å². The molecule has 2 heterocycles. The Balaban J connectivity index is 1.19. The van der Waals surface area contributed by atoms with E-state index in [2.05, 4.69) is 135 Å². The lowest BCUT2D eigenvalue weighted by Crippen LogP contribution is -2.03. The van der Waals surface area contributed by atoms with Gasteiger partial charge in [-0.05, 0) is 122 Å². The predicted octanol–water partition coefficient (Wildman–Crippen LogP) is 17.0. The van der Waals surface area contributed by atoms with Gasteiger partial charge in [0.1, 0.15) is 11.6 Å². The molecule has 0 saturated heterocycles. The van der Waals surface area contributed by atoms with E-state index < -0.39 is 11.6 Å². The first-order valence-electron chi connectivity index (χ1n) is 21.9. The molecule has 3 nitrogen and oxygen atoms in total. The van der Waals surface area contributed by atoms with Gasteiger partial charge in [-0.2, -0.15) is 0 Å². The molecule has 66 heavy (non-hydrogen) atoms. The summed E-state index contributed by atoms with van der Waals surface area (Å²) < 4.78 is 35.0. The number of hydrogen-bond acceptors (Lipinski definition) is 0. The highest BCUT2D eigenvalue weighted by atomic mass is 19.1. The molecule has 0 saturated carbocycles. The number of nitrogens with zero attached hydrogens (tertiary/aromatic N) is 3. The fourth-order valence-corrected chi connectivity index (χ4v) is 9.82. The van der Waals surface area contributed by atoms with Crippen molar-refractivity contribution >= 4 is 49.3 Å². The van der Waals surface area contributed by atoms with Crippen LogP contribution >= 0.6 is 0 Å². The van der Waals surface area contributed by atoms with Crippen LogP contribution in [0.3, 0.4) is 0 Å². The minimum absolute atomic E-state index is 0.331. The molecule has 5 heteroatoms. The second kappa shape index (κ2) is 15.7. The van der Waals surface area contributed by atoms with Gasteiger partial charge in [-0.15, -0.1) is 0 Å². The van der Waals surface area contributed by atoms with Crippen LogP contribution in [0.5, 0.6) is 0 Å². The third-order valence-electron chi connectivity index (χ3n) is 12.8. The Labute approximate surface area is 380 Å². The van der Waals surface area contributed by atoms with Crippen LogP contribution in [0.15, 0.2) is 224 Å². The van der Waals surface area contributed by atoms with Crippen molar-refractivity contribution in [3.8, 4) is 67.0 Å². The third kappa shape index (κ3) is 6.47. The number of halogens is 2. The molecular weight excluding hydrogens is 813 g/mol. The third-order valence-corrected chi connectivity index (χ3v) is 12.8. The highest BCUT2D eigenvalue weighted by molar-refractivity contribution is 6.15. The zero-order valence-corrected chi connectivity index (χ0v) is 35.5. The van der Waals surface area contributed by atoms with Crippen molar-refractivity contribution in [1.29, 1.82) is 0 Å². The van der Waals surface area contributed by atoms with Gasteiger partial charge in [0.25, 0.3) is 0 Å². The Hall–Kier alpha value is -8.85. The van der Waals surface area contributed by atoms with E-state index >= 15 is 8.78 Å². The maximum atomic E-state index is 15.3. The maximum absolute atomic E-state index is 15.3. The summed E-state index contributed by atoms with van der Waals surface area (Å²) in [4.78, 5) is 4.42. The molecule has 0 aliphatic heterocycles. The highest BCUT2D eigenvalue weighted by Gasteiger charge is 2.26. The van der Waals surface area contributed by atoms with Crippen LogP contribution in [0.25, 0.3) is 115 Å². The number of rotatable bonds is 7. The van der Waals surface area contributed by atoms with Gasteiger partial charge in [0.15, 0.2) is 0 Å². The molecule has 2 aromatic heterocycles. The Bertz CT molecular complexity index is 3670. The standard InChI is InChI=1S/C61H37F2N3/c1-64-60-59(65-55-27-22-43(39-14-6-2-7-15-39)34-51(55)52-35-44(23-28-56(52)65)40-16-8-3-9-17-40)31-26-50(47-32-48(62)38-49(63)33-47)61(60)66-57-29-24-45(41-18-10-4-11-19-41)36-53(57)54-37-46(25-30-58(54)66)42-20-12-5-13-21-42/h2-38H. The van der Waals surface area contributed by atoms with Gasteiger partial charge in [0.05, 0.1) is 40.0 Å². The molecule has 12 aromatic rings. The average Bonchev–Trinajstić information content (AvgIpc) is 3.87. The zero-order chi connectivity index (χ0) is 44.3. The van der Waals surface area contributed by atoms with E-state index in [1.807, 2.05) is 84.9 Å². The van der Waals surface area contributed by atoms with E-state index in [9.17, 15) is 0 Å². The summed E-state index contributed by atoms with van der Waals surface area (Å²) in [5, 5.41) is 4.05. The van der Waals surface area contributed by atoms with Crippen LogP contribution in [0, 0.1) is 18.2 Å². The molecule has 0 aliphatic rings. The molecule has 0 spiro atoms. The first-order chi connectivity index (χ1) is 32.5. The van der Waals surface area contributed by atoms with Crippen LogP contribution in [-0.4, -0.2) is 9.13 Å². The average molecular weight is 850 g/mol. The van der Waals surface area contributed by atoms with Gasteiger partial charge < -0.3 is 9.13 Å². The monoisotopic (exact) mass is 849 g/mol. The Morgan fingerprint density at radius 2 is 0.667 bits per heavy atom. The molecule has 0 atom stereocenters. The summed E-state index contributed by atoms with van der Waals surface area (Å²) in [5.41, 5.74) is 14.6. The SMILES string of the molecule is [C-]#[N+]c1c(-n2c3ccc(-c4ccccc4)cc3c3cc(-c4ccccc4)ccc32)ccc(-c2cc(F)cc(F)c2)c1-n1c2ccc(-c3ccccc3)cc2c2cc(-c3ccccc3)ccc21. The summed E-state index contributed by atoms with van der Waals surface area (Å²) in [7, 11) is 0. The molecule has 0 aliphatic carbocycles. The first kappa shape index (κ1) is 38.8. The first-order valence-corrected chi connectivity index (χ1v) is 21.9. The molecule has 0 fully saturated rings. The number of benzene rings is 10. The Morgan fingerprint density at radius 3 is 1.02 bits per heavy atom. The van der Waals surface area contributed by atoms with Crippen molar-refractivity contribution in [3.63, 3.8) is 0 Å². The van der Waals surface area contributed by atoms with E-state index in [0.717, 1.165) is 94.2 Å². The molecule has 310 valence electrons. The highest BCUT2D eigenvalue weighted by Crippen LogP contribution is 2.47. The van der Waals surface area contributed by atoms with Gasteiger partial charge in [0.2, 0.25) is 5.69 Å². The van der Waals surface area contributed by atoms with Crippen molar-refractivity contribution in [2.24, 2.45) is 0 Å². The Morgan fingerprint density at radius 1 is 0.318 bits per heavy atom. The topological polar surface area (TPSA) is 14.2 Å².